The molecule has 1 heteroatoms. The van der Waals surface area contributed by atoms with Crippen molar-refractivity contribution in [2.75, 3.05) is 4.90 Å². The van der Waals surface area contributed by atoms with Crippen molar-refractivity contribution in [3.63, 3.8) is 0 Å². The molecule has 276 valence electrons. The molecule has 0 unspecified atom stereocenters. The standard InChI is InChI=1S/C57H43N/c1-57(2)53-29-13-12-25-49(53)51-27-15-28-52(56(51)57)50-26-16-30-54(55(50)45-21-10-5-11-22-45)58(47-37-35-43(36-38-47)41-19-8-4-9-20-41)48-24-14-23-46(39-48)44-33-31-42(32-34-44)40-17-6-3-7-18-40/h3-39H,1-2H3. The Morgan fingerprint density at radius 2 is 0.741 bits per heavy atom. The fourth-order valence-corrected chi connectivity index (χ4v) is 9.10. The Morgan fingerprint density at radius 3 is 1.38 bits per heavy atom. The van der Waals surface area contributed by atoms with Gasteiger partial charge in [0.1, 0.15) is 0 Å². The summed E-state index contributed by atoms with van der Waals surface area (Å²) >= 11 is 0. The lowest BCUT2D eigenvalue weighted by Crippen LogP contribution is -2.16. The maximum Gasteiger partial charge on any atom is 0.0546 e. The van der Waals surface area contributed by atoms with Gasteiger partial charge < -0.3 is 4.90 Å². The van der Waals surface area contributed by atoms with Crippen LogP contribution < -0.4 is 4.90 Å². The second-order valence-corrected chi connectivity index (χ2v) is 15.7. The summed E-state index contributed by atoms with van der Waals surface area (Å²) in [6.07, 6.45) is 0. The highest BCUT2D eigenvalue weighted by molar-refractivity contribution is 6.00. The molecule has 0 amide bonds. The van der Waals surface area contributed by atoms with E-state index < -0.39 is 0 Å². The molecule has 0 fully saturated rings. The van der Waals surface area contributed by atoms with Crippen LogP contribution in [-0.4, -0.2) is 0 Å². The van der Waals surface area contributed by atoms with Crippen molar-refractivity contribution < 1.29 is 0 Å². The van der Waals surface area contributed by atoms with E-state index in [1.165, 1.54) is 77.9 Å². The van der Waals surface area contributed by atoms with Gasteiger partial charge in [-0.15, -0.1) is 0 Å². The number of fused-ring (bicyclic) bond motifs is 3. The molecule has 1 nitrogen and oxygen atoms in total. The van der Waals surface area contributed by atoms with Crippen LogP contribution in [0.2, 0.25) is 0 Å². The van der Waals surface area contributed by atoms with Crippen LogP contribution in [0.5, 0.6) is 0 Å². The molecule has 10 rings (SSSR count). The second-order valence-electron chi connectivity index (χ2n) is 15.7. The summed E-state index contributed by atoms with van der Waals surface area (Å²) in [6, 6.07) is 81.8. The van der Waals surface area contributed by atoms with Crippen LogP contribution in [0.25, 0.3) is 66.8 Å². The molecule has 0 atom stereocenters. The average molecular weight is 742 g/mol. The topological polar surface area (TPSA) is 3.24 Å². The van der Waals surface area contributed by atoms with E-state index in [-0.39, 0.29) is 5.41 Å². The predicted molar refractivity (Wildman–Crippen MR) is 246 cm³/mol. The molecule has 0 N–H and O–H groups in total. The minimum absolute atomic E-state index is 0.163. The zero-order valence-electron chi connectivity index (χ0n) is 32.8. The van der Waals surface area contributed by atoms with Crippen molar-refractivity contribution in [1.29, 1.82) is 0 Å². The predicted octanol–water partition coefficient (Wildman–Crippen LogP) is 15.8. The van der Waals surface area contributed by atoms with E-state index >= 15 is 0 Å². The summed E-state index contributed by atoms with van der Waals surface area (Å²) in [5.74, 6) is 0. The first kappa shape index (κ1) is 35.2. The van der Waals surface area contributed by atoms with Crippen molar-refractivity contribution in [1.82, 2.24) is 0 Å². The molecule has 0 aromatic heterocycles. The molecule has 9 aromatic rings. The molecule has 1 aliphatic rings. The number of nitrogens with zero attached hydrogens (tertiary/aromatic N) is 1. The maximum atomic E-state index is 2.45. The van der Waals surface area contributed by atoms with Gasteiger partial charge in [-0.2, -0.15) is 0 Å². The van der Waals surface area contributed by atoms with Gasteiger partial charge in [-0.05, 0) is 103 Å². The first-order chi connectivity index (χ1) is 28.5. The van der Waals surface area contributed by atoms with E-state index in [4.69, 9.17) is 0 Å². The minimum atomic E-state index is -0.163. The zero-order chi connectivity index (χ0) is 39.1. The lowest BCUT2D eigenvalue weighted by molar-refractivity contribution is 0.662. The van der Waals surface area contributed by atoms with Crippen molar-refractivity contribution in [3.05, 3.63) is 236 Å². The molecule has 1 aliphatic carbocycles. The molecule has 9 aromatic carbocycles. The van der Waals surface area contributed by atoms with Crippen molar-refractivity contribution in [2.24, 2.45) is 0 Å². The molecular formula is C57H43N. The summed E-state index contributed by atoms with van der Waals surface area (Å²) < 4.78 is 0. The van der Waals surface area contributed by atoms with Crippen molar-refractivity contribution >= 4 is 17.1 Å². The Balaban J connectivity index is 1.18. The number of rotatable bonds is 8. The van der Waals surface area contributed by atoms with Crippen molar-refractivity contribution in [2.45, 2.75) is 19.3 Å². The highest BCUT2D eigenvalue weighted by Crippen LogP contribution is 2.54. The highest BCUT2D eigenvalue weighted by Gasteiger charge is 2.38. The highest BCUT2D eigenvalue weighted by atomic mass is 15.1. The van der Waals surface area contributed by atoms with Crippen molar-refractivity contribution in [3.8, 4) is 66.8 Å². The van der Waals surface area contributed by atoms with Gasteiger partial charge in [0.05, 0.1) is 5.69 Å². The van der Waals surface area contributed by atoms with Gasteiger partial charge in [-0.25, -0.2) is 0 Å². The molecule has 0 spiro atoms. The third-order valence-electron chi connectivity index (χ3n) is 11.9. The van der Waals surface area contributed by atoms with Crippen LogP contribution in [0.1, 0.15) is 25.0 Å². The fraction of sp³-hybridized carbons (Fsp3) is 0.0526. The van der Waals surface area contributed by atoms with E-state index in [1.54, 1.807) is 0 Å². The minimum Gasteiger partial charge on any atom is -0.310 e. The third kappa shape index (κ3) is 6.22. The lowest BCUT2D eigenvalue weighted by Gasteiger charge is -2.31. The SMILES string of the molecule is CC1(C)c2ccccc2-c2cccc(-c3cccc(N(c4ccc(-c5ccccc5)cc4)c4cccc(-c5ccc(-c6ccccc6)cc5)c4)c3-c3ccccc3)c21. The summed E-state index contributed by atoms with van der Waals surface area (Å²) in [5.41, 5.74) is 20.6. The lowest BCUT2D eigenvalue weighted by atomic mass is 9.77. The molecule has 0 saturated heterocycles. The van der Waals surface area contributed by atoms with E-state index in [2.05, 4.69) is 243 Å². The second kappa shape index (κ2) is 14.7. The molecule has 0 radical (unpaired) electrons. The molecular weight excluding hydrogens is 699 g/mol. The number of benzene rings is 9. The van der Waals surface area contributed by atoms with Gasteiger partial charge in [0.15, 0.2) is 0 Å². The van der Waals surface area contributed by atoms with Gasteiger partial charge in [0.25, 0.3) is 0 Å². The Bertz CT molecular complexity index is 2870. The van der Waals surface area contributed by atoms with Crippen LogP contribution in [-0.2, 0) is 5.41 Å². The van der Waals surface area contributed by atoms with E-state index in [0.717, 1.165) is 17.1 Å². The van der Waals surface area contributed by atoms with E-state index in [9.17, 15) is 0 Å². The molecule has 0 bridgehead atoms. The summed E-state index contributed by atoms with van der Waals surface area (Å²) in [4.78, 5) is 2.45. The van der Waals surface area contributed by atoms with E-state index in [0.29, 0.717) is 0 Å². The summed E-state index contributed by atoms with van der Waals surface area (Å²) in [7, 11) is 0. The monoisotopic (exact) mass is 741 g/mol. The van der Waals surface area contributed by atoms with Crippen LogP contribution in [0.4, 0.5) is 17.1 Å². The van der Waals surface area contributed by atoms with Gasteiger partial charge in [0, 0.05) is 22.4 Å². The zero-order valence-corrected chi connectivity index (χ0v) is 32.8. The first-order valence-corrected chi connectivity index (χ1v) is 20.2. The third-order valence-corrected chi connectivity index (χ3v) is 11.9. The van der Waals surface area contributed by atoms with Crippen LogP contribution in [0, 0.1) is 0 Å². The average Bonchev–Trinajstić information content (AvgIpc) is 3.53. The first-order valence-electron chi connectivity index (χ1n) is 20.2. The normalized spacial score (nSPS) is 12.4. The molecule has 0 saturated carbocycles. The number of hydrogen-bond donors (Lipinski definition) is 0. The van der Waals surface area contributed by atoms with Crippen LogP contribution >= 0.6 is 0 Å². The van der Waals surface area contributed by atoms with Gasteiger partial charge >= 0.3 is 0 Å². The quantitative estimate of drug-likeness (QED) is 0.150. The van der Waals surface area contributed by atoms with Gasteiger partial charge in [-0.3, -0.25) is 0 Å². The Morgan fingerprint density at radius 1 is 0.310 bits per heavy atom. The van der Waals surface area contributed by atoms with Crippen LogP contribution in [0.15, 0.2) is 224 Å². The molecule has 0 heterocycles. The fourth-order valence-electron chi connectivity index (χ4n) is 9.10. The summed E-state index contributed by atoms with van der Waals surface area (Å²) in [5, 5.41) is 0. The maximum absolute atomic E-state index is 2.45. The Labute approximate surface area is 342 Å². The van der Waals surface area contributed by atoms with E-state index in [1.807, 2.05) is 0 Å². The Hall–Kier alpha value is -7.22. The molecule has 58 heavy (non-hydrogen) atoms. The summed E-state index contributed by atoms with van der Waals surface area (Å²) in [6.45, 7) is 4.76. The van der Waals surface area contributed by atoms with Gasteiger partial charge in [-0.1, -0.05) is 208 Å². The van der Waals surface area contributed by atoms with Crippen LogP contribution in [0.3, 0.4) is 0 Å². The number of anilines is 3. The largest absolute Gasteiger partial charge is 0.310 e. The smallest absolute Gasteiger partial charge is 0.0546 e. The molecule has 0 aliphatic heterocycles. The Kier molecular flexibility index (Phi) is 8.92. The number of hydrogen-bond acceptors (Lipinski definition) is 1. The van der Waals surface area contributed by atoms with Gasteiger partial charge in [0.2, 0.25) is 0 Å².